The first-order valence-electron chi connectivity index (χ1n) is 10.1. The van der Waals surface area contributed by atoms with Crippen LogP contribution in [-0.2, 0) is 17.1 Å². The van der Waals surface area contributed by atoms with Crippen molar-refractivity contribution in [3.05, 3.63) is 76.5 Å². The third-order valence-electron chi connectivity index (χ3n) is 5.68. The van der Waals surface area contributed by atoms with Gasteiger partial charge in [-0.2, -0.15) is 9.40 Å². The summed E-state index contributed by atoms with van der Waals surface area (Å²) in [6.07, 6.45) is 1.13. The highest BCUT2D eigenvalue weighted by atomic mass is 32.2. The second-order valence-corrected chi connectivity index (χ2v) is 9.63. The number of aromatic nitrogens is 3. The van der Waals surface area contributed by atoms with Crippen molar-refractivity contribution in [2.24, 2.45) is 7.05 Å². The van der Waals surface area contributed by atoms with E-state index in [-0.39, 0.29) is 22.3 Å². The highest BCUT2D eigenvalue weighted by molar-refractivity contribution is 7.89. The van der Waals surface area contributed by atoms with E-state index in [0.717, 1.165) is 5.69 Å². The SMILES string of the molecule is CC(=O)c1ccc(S(=O)(=O)N2CCC(c3nn(C)c(=O)n3-c3ccccc3)CC2)cc1. The summed E-state index contributed by atoms with van der Waals surface area (Å²) >= 11 is 0. The Morgan fingerprint density at radius 2 is 1.61 bits per heavy atom. The molecule has 0 bridgehead atoms. The molecule has 0 unspecified atom stereocenters. The van der Waals surface area contributed by atoms with Crippen molar-refractivity contribution >= 4 is 15.8 Å². The Labute approximate surface area is 180 Å². The highest BCUT2D eigenvalue weighted by Gasteiger charge is 2.32. The summed E-state index contributed by atoms with van der Waals surface area (Å²) in [5.41, 5.74) is 1.00. The fraction of sp³-hybridized carbons (Fsp3) is 0.318. The van der Waals surface area contributed by atoms with E-state index in [1.54, 1.807) is 11.6 Å². The highest BCUT2D eigenvalue weighted by Crippen LogP contribution is 2.30. The molecule has 0 aliphatic carbocycles. The fourth-order valence-corrected chi connectivity index (χ4v) is 5.40. The van der Waals surface area contributed by atoms with Crippen LogP contribution in [0.25, 0.3) is 5.69 Å². The van der Waals surface area contributed by atoms with E-state index in [1.807, 2.05) is 30.3 Å². The molecular formula is C22H24N4O4S. The Morgan fingerprint density at radius 1 is 1.00 bits per heavy atom. The number of para-hydroxylation sites is 1. The van der Waals surface area contributed by atoms with Crippen molar-refractivity contribution in [2.45, 2.75) is 30.6 Å². The monoisotopic (exact) mass is 440 g/mol. The summed E-state index contributed by atoms with van der Waals surface area (Å²) in [7, 11) is -2.03. The fourth-order valence-electron chi connectivity index (χ4n) is 3.93. The van der Waals surface area contributed by atoms with Gasteiger partial charge in [0.2, 0.25) is 10.0 Å². The first kappa shape index (κ1) is 21.2. The van der Waals surface area contributed by atoms with Gasteiger partial charge in [-0.1, -0.05) is 30.3 Å². The van der Waals surface area contributed by atoms with Crippen LogP contribution >= 0.6 is 0 Å². The smallest absolute Gasteiger partial charge is 0.295 e. The van der Waals surface area contributed by atoms with Crippen molar-refractivity contribution in [3.8, 4) is 5.69 Å². The first-order chi connectivity index (χ1) is 14.8. The lowest BCUT2D eigenvalue weighted by atomic mass is 9.97. The van der Waals surface area contributed by atoms with Gasteiger partial charge in [0.1, 0.15) is 5.82 Å². The van der Waals surface area contributed by atoms with Crippen LogP contribution in [0.5, 0.6) is 0 Å². The van der Waals surface area contributed by atoms with Crippen LogP contribution in [0.15, 0.2) is 64.3 Å². The van der Waals surface area contributed by atoms with Crippen LogP contribution in [0.4, 0.5) is 0 Å². The van der Waals surface area contributed by atoms with Crippen molar-refractivity contribution in [1.29, 1.82) is 0 Å². The normalized spacial score (nSPS) is 15.8. The number of carbonyl (C=O) groups excluding carboxylic acids is 1. The van der Waals surface area contributed by atoms with Gasteiger partial charge in [0.15, 0.2) is 5.78 Å². The molecule has 2 aromatic carbocycles. The summed E-state index contributed by atoms with van der Waals surface area (Å²) < 4.78 is 30.4. The summed E-state index contributed by atoms with van der Waals surface area (Å²) in [6.45, 7) is 2.11. The van der Waals surface area contributed by atoms with Crippen molar-refractivity contribution < 1.29 is 13.2 Å². The number of hydrogen-bond donors (Lipinski definition) is 0. The minimum absolute atomic E-state index is 0.0272. The lowest BCUT2D eigenvalue weighted by molar-refractivity contribution is 0.101. The molecule has 1 aliphatic rings. The maximum absolute atomic E-state index is 13.0. The third kappa shape index (κ3) is 3.98. The molecule has 0 spiro atoms. The molecule has 162 valence electrons. The second-order valence-electron chi connectivity index (χ2n) is 7.69. The Balaban J connectivity index is 1.55. The van der Waals surface area contributed by atoms with Gasteiger partial charge in [-0.05, 0) is 44.0 Å². The first-order valence-corrected chi connectivity index (χ1v) is 11.6. The van der Waals surface area contributed by atoms with E-state index in [2.05, 4.69) is 5.10 Å². The number of hydrogen-bond acceptors (Lipinski definition) is 5. The average Bonchev–Trinajstić information content (AvgIpc) is 3.09. The number of carbonyl (C=O) groups is 1. The molecule has 1 saturated heterocycles. The summed E-state index contributed by atoms with van der Waals surface area (Å²) in [5.74, 6) is 0.520. The van der Waals surface area contributed by atoms with E-state index < -0.39 is 10.0 Å². The number of nitrogens with zero attached hydrogens (tertiary/aromatic N) is 4. The minimum atomic E-state index is -3.65. The number of rotatable bonds is 5. The van der Waals surface area contributed by atoms with Gasteiger partial charge in [0, 0.05) is 31.6 Å². The number of ketones is 1. The van der Waals surface area contributed by atoms with Crippen LogP contribution in [-0.4, -0.2) is 45.9 Å². The van der Waals surface area contributed by atoms with Crippen LogP contribution in [0, 0.1) is 0 Å². The Bertz CT molecular complexity index is 1250. The molecule has 4 rings (SSSR count). The number of benzene rings is 2. The lowest BCUT2D eigenvalue weighted by Crippen LogP contribution is -2.38. The molecule has 0 radical (unpaired) electrons. The summed E-state index contributed by atoms with van der Waals surface area (Å²) in [4.78, 5) is 24.3. The predicted molar refractivity (Wildman–Crippen MR) is 116 cm³/mol. The Morgan fingerprint density at radius 3 is 2.19 bits per heavy atom. The van der Waals surface area contributed by atoms with Crippen molar-refractivity contribution in [1.82, 2.24) is 18.7 Å². The topological polar surface area (TPSA) is 94.3 Å². The molecule has 0 N–H and O–H groups in total. The third-order valence-corrected chi connectivity index (χ3v) is 7.59. The zero-order valence-electron chi connectivity index (χ0n) is 17.4. The van der Waals surface area contributed by atoms with Crippen molar-refractivity contribution in [2.75, 3.05) is 13.1 Å². The minimum Gasteiger partial charge on any atom is -0.295 e. The molecule has 31 heavy (non-hydrogen) atoms. The zero-order chi connectivity index (χ0) is 22.2. The van der Waals surface area contributed by atoms with Crippen LogP contribution in [0.2, 0.25) is 0 Å². The van der Waals surface area contributed by atoms with Crippen LogP contribution < -0.4 is 5.69 Å². The van der Waals surface area contributed by atoms with Crippen LogP contribution in [0.1, 0.15) is 41.9 Å². The number of sulfonamides is 1. The van der Waals surface area contributed by atoms with Gasteiger partial charge < -0.3 is 0 Å². The molecule has 1 fully saturated rings. The zero-order valence-corrected chi connectivity index (χ0v) is 18.2. The van der Waals surface area contributed by atoms with Gasteiger partial charge in [0.05, 0.1) is 10.6 Å². The van der Waals surface area contributed by atoms with Crippen LogP contribution in [0.3, 0.4) is 0 Å². The summed E-state index contributed by atoms with van der Waals surface area (Å²) in [5, 5.41) is 4.45. The van der Waals surface area contributed by atoms with E-state index in [9.17, 15) is 18.0 Å². The molecule has 3 aromatic rings. The number of piperidine rings is 1. The number of aryl methyl sites for hydroxylation is 1. The summed E-state index contributed by atoms with van der Waals surface area (Å²) in [6, 6.07) is 15.4. The quantitative estimate of drug-likeness (QED) is 0.568. The molecule has 0 saturated carbocycles. The van der Waals surface area contributed by atoms with E-state index in [4.69, 9.17) is 0 Å². The van der Waals surface area contributed by atoms with E-state index in [0.29, 0.717) is 37.3 Å². The van der Waals surface area contributed by atoms with Crippen molar-refractivity contribution in [3.63, 3.8) is 0 Å². The largest absolute Gasteiger partial charge is 0.350 e. The maximum atomic E-state index is 13.0. The number of Topliss-reactive ketones (excluding diaryl/α,β-unsaturated/α-hetero) is 1. The molecule has 1 aromatic heterocycles. The van der Waals surface area contributed by atoms with Gasteiger partial charge in [0.25, 0.3) is 0 Å². The predicted octanol–water partition coefficient (Wildman–Crippen LogP) is 2.34. The molecule has 2 heterocycles. The standard InChI is InChI=1S/C22H24N4O4S/c1-16(27)17-8-10-20(11-9-17)31(29,30)25-14-12-18(13-15-25)21-23-24(2)22(28)26(21)19-6-4-3-5-7-19/h3-11,18H,12-15H2,1-2H3. The van der Waals surface area contributed by atoms with E-state index >= 15 is 0 Å². The molecule has 1 aliphatic heterocycles. The maximum Gasteiger partial charge on any atom is 0.350 e. The van der Waals surface area contributed by atoms with E-state index in [1.165, 1.54) is 40.2 Å². The van der Waals surface area contributed by atoms with Gasteiger partial charge in [-0.15, -0.1) is 0 Å². The second kappa shape index (κ2) is 8.24. The molecular weight excluding hydrogens is 416 g/mol. The molecule has 0 amide bonds. The molecule has 8 nitrogen and oxygen atoms in total. The van der Waals surface area contributed by atoms with Gasteiger partial charge in [-0.3, -0.25) is 4.79 Å². The van der Waals surface area contributed by atoms with Gasteiger partial charge in [-0.25, -0.2) is 22.5 Å². The molecule has 0 atom stereocenters. The van der Waals surface area contributed by atoms with Gasteiger partial charge >= 0.3 is 5.69 Å². The Kier molecular flexibility index (Phi) is 5.63. The Hall–Kier alpha value is -3.04. The molecule has 9 heteroatoms. The average molecular weight is 441 g/mol. The lowest BCUT2D eigenvalue weighted by Gasteiger charge is -2.30.